The van der Waals surface area contributed by atoms with Crippen molar-refractivity contribution in [1.29, 1.82) is 0 Å². The first-order chi connectivity index (χ1) is 5.83. The minimum Gasteiger partial charge on any atom is -0.300 e. The van der Waals surface area contributed by atoms with E-state index in [-0.39, 0.29) is 24.4 Å². The largest absolute Gasteiger partial charge is 0.300 e. The number of hydrogen-bond acceptors (Lipinski definition) is 4. The van der Waals surface area contributed by atoms with Gasteiger partial charge in [0.15, 0.2) is 0 Å². The summed E-state index contributed by atoms with van der Waals surface area (Å²) < 4.78 is 23.8. The van der Waals surface area contributed by atoms with Gasteiger partial charge in [0.2, 0.25) is 15.9 Å². The Morgan fingerprint density at radius 2 is 1.77 bits per heavy atom. The molecule has 0 heterocycles. The Morgan fingerprint density at radius 3 is 2.15 bits per heavy atom. The number of sulfonamides is 1. The molecule has 0 radical (unpaired) electrons. The normalized spacial score (nSPS) is 10.9. The molecule has 1 N–H and O–H groups in total. The van der Waals surface area contributed by atoms with E-state index in [0.717, 1.165) is 6.92 Å². The fourth-order valence-electron chi connectivity index (χ4n) is 0.781. The molecule has 0 aromatic carbocycles. The average Bonchev–Trinajstić information content (AvgIpc) is 1.81. The van der Waals surface area contributed by atoms with Gasteiger partial charge < -0.3 is 4.79 Å². The van der Waals surface area contributed by atoms with Gasteiger partial charge >= 0.3 is 0 Å². The SMILES string of the molecule is CC(=O)CCCS(=O)(=O)NC(C)=O. The molecule has 0 bridgehead atoms. The van der Waals surface area contributed by atoms with E-state index >= 15 is 0 Å². The zero-order valence-electron chi connectivity index (χ0n) is 7.66. The van der Waals surface area contributed by atoms with Crippen LogP contribution in [-0.4, -0.2) is 25.9 Å². The van der Waals surface area contributed by atoms with Gasteiger partial charge in [0.25, 0.3) is 0 Å². The van der Waals surface area contributed by atoms with Crippen LogP contribution >= 0.6 is 0 Å². The molecule has 0 aliphatic rings. The third-order valence-corrected chi connectivity index (χ3v) is 2.67. The van der Waals surface area contributed by atoms with Crippen molar-refractivity contribution in [2.24, 2.45) is 0 Å². The van der Waals surface area contributed by atoms with Gasteiger partial charge in [-0.2, -0.15) is 0 Å². The van der Waals surface area contributed by atoms with Crippen LogP contribution < -0.4 is 4.72 Å². The standard InChI is InChI=1S/C7H13NO4S/c1-6(9)4-3-5-13(11,12)8-7(2)10/h3-5H2,1-2H3,(H,8,10). The van der Waals surface area contributed by atoms with Crippen molar-refractivity contribution in [3.8, 4) is 0 Å². The van der Waals surface area contributed by atoms with E-state index in [1.807, 2.05) is 4.72 Å². The average molecular weight is 207 g/mol. The maximum Gasteiger partial charge on any atom is 0.234 e. The first-order valence-electron chi connectivity index (χ1n) is 3.84. The molecule has 0 aliphatic heterocycles. The van der Waals surface area contributed by atoms with Crippen LogP contribution in [0.1, 0.15) is 26.7 Å². The second-order valence-electron chi connectivity index (χ2n) is 2.78. The predicted octanol–water partition coefficient (Wildman–Crippen LogP) is -0.179. The molecule has 0 rings (SSSR count). The van der Waals surface area contributed by atoms with Crippen LogP contribution in [0.25, 0.3) is 0 Å². The maximum absolute atomic E-state index is 11.0. The summed E-state index contributed by atoms with van der Waals surface area (Å²) in [7, 11) is -3.53. The minimum atomic E-state index is -3.53. The highest BCUT2D eigenvalue weighted by molar-refractivity contribution is 7.90. The highest BCUT2D eigenvalue weighted by Crippen LogP contribution is 1.95. The van der Waals surface area contributed by atoms with Crippen LogP contribution in [0, 0.1) is 0 Å². The van der Waals surface area contributed by atoms with Crippen molar-refractivity contribution in [3.63, 3.8) is 0 Å². The summed E-state index contributed by atoms with van der Waals surface area (Å²) in [6.07, 6.45) is 0.469. The fraction of sp³-hybridized carbons (Fsp3) is 0.714. The van der Waals surface area contributed by atoms with Crippen LogP contribution in [0.5, 0.6) is 0 Å². The van der Waals surface area contributed by atoms with Gasteiger partial charge in [0.05, 0.1) is 5.75 Å². The van der Waals surface area contributed by atoms with Crippen LogP contribution in [0.3, 0.4) is 0 Å². The zero-order chi connectivity index (χ0) is 10.5. The van der Waals surface area contributed by atoms with Crippen LogP contribution in [-0.2, 0) is 19.6 Å². The summed E-state index contributed by atoms with van der Waals surface area (Å²) in [4.78, 5) is 20.9. The molecule has 6 heteroatoms. The number of carbonyl (C=O) groups is 2. The van der Waals surface area contributed by atoms with Crippen molar-refractivity contribution < 1.29 is 18.0 Å². The van der Waals surface area contributed by atoms with Gasteiger partial charge in [-0.25, -0.2) is 8.42 Å². The smallest absolute Gasteiger partial charge is 0.234 e. The molecule has 13 heavy (non-hydrogen) atoms. The highest BCUT2D eigenvalue weighted by Gasteiger charge is 2.11. The van der Waals surface area contributed by atoms with Crippen molar-refractivity contribution in [2.75, 3.05) is 5.75 Å². The maximum atomic E-state index is 11.0. The van der Waals surface area contributed by atoms with Crippen molar-refractivity contribution >= 4 is 21.7 Å². The van der Waals surface area contributed by atoms with Crippen molar-refractivity contribution in [3.05, 3.63) is 0 Å². The first kappa shape index (κ1) is 12.1. The van der Waals surface area contributed by atoms with Crippen LogP contribution in [0.4, 0.5) is 0 Å². The van der Waals surface area contributed by atoms with E-state index in [9.17, 15) is 18.0 Å². The predicted molar refractivity (Wildman–Crippen MR) is 47.5 cm³/mol. The number of rotatable bonds is 5. The summed E-state index contributed by atoms with van der Waals surface area (Å²) >= 11 is 0. The van der Waals surface area contributed by atoms with Gasteiger partial charge in [-0.3, -0.25) is 9.52 Å². The van der Waals surface area contributed by atoms with Gasteiger partial charge in [-0.1, -0.05) is 0 Å². The summed E-state index contributed by atoms with van der Waals surface area (Å²) in [5.74, 6) is -0.854. The number of hydrogen-bond donors (Lipinski definition) is 1. The lowest BCUT2D eigenvalue weighted by atomic mass is 10.3. The number of Topliss-reactive ketones (excluding diaryl/α,β-unsaturated/α-hetero) is 1. The van der Waals surface area contributed by atoms with Crippen LogP contribution in [0.2, 0.25) is 0 Å². The Balaban J connectivity index is 3.91. The van der Waals surface area contributed by atoms with E-state index in [1.54, 1.807) is 0 Å². The lowest BCUT2D eigenvalue weighted by molar-refractivity contribution is -0.117. The van der Waals surface area contributed by atoms with E-state index < -0.39 is 15.9 Å². The monoisotopic (exact) mass is 207 g/mol. The molecule has 0 aliphatic carbocycles. The third kappa shape index (κ3) is 7.45. The molecule has 5 nitrogen and oxygen atoms in total. The molecule has 0 fully saturated rings. The lowest BCUT2D eigenvalue weighted by Gasteiger charge is -2.02. The molecule has 76 valence electrons. The van der Waals surface area contributed by atoms with E-state index in [0.29, 0.717) is 0 Å². The van der Waals surface area contributed by atoms with Crippen LogP contribution in [0.15, 0.2) is 0 Å². The quantitative estimate of drug-likeness (QED) is 0.678. The number of nitrogens with one attached hydrogen (secondary N) is 1. The molecule has 1 amide bonds. The fourth-order valence-corrected chi connectivity index (χ4v) is 1.85. The summed E-state index contributed by atoms with van der Waals surface area (Å²) in [6.45, 7) is 2.52. The Hall–Kier alpha value is -0.910. The number of amides is 1. The van der Waals surface area contributed by atoms with E-state index in [4.69, 9.17) is 0 Å². The molecule has 0 saturated heterocycles. The molecule has 0 aromatic heterocycles. The van der Waals surface area contributed by atoms with Gasteiger partial charge in [-0.05, 0) is 13.3 Å². The lowest BCUT2D eigenvalue weighted by Crippen LogP contribution is -2.30. The van der Waals surface area contributed by atoms with Crippen molar-refractivity contribution in [2.45, 2.75) is 26.7 Å². The Bertz CT molecular complexity index is 294. The Labute approximate surface area is 77.6 Å². The molecule has 0 unspecified atom stereocenters. The molecular weight excluding hydrogens is 194 g/mol. The second-order valence-corrected chi connectivity index (χ2v) is 4.62. The first-order valence-corrected chi connectivity index (χ1v) is 5.49. The van der Waals surface area contributed by atoms with E-state index in [1.165, 1.54) is 6.92 Å². The Kier molecular flexibility index (Phi) is 4.61. The summed E-state index contributed by atoms with van der Waals surface area (Å²) in [6, 6.07) is 0. The number of ketones is 1. The summed E-state index contributed by atoms with van der Waals surface area (Å²) in [5, 5.41) is 0. The molecular formula is C7H13NO4S. The minimum absolute atomic E-state index is 0.0574. The van der Waals surface area contributed by atoms with Gasteiger partial charge in [-0.15, -0.1) is 0 Å². The van der Waals surface area contributed by atoms with Crippen molar-refractivity contribution in [1.82, 2.24) is 4.72 Å². The molecule has 0 saturated carbocycles. The summed E-state index contributed by atoms with van der Waals surface area (Å²) in [5.41, 5.74) is 0. The van der Waals surface area contributed by atoms with Gasteiger partial charge in [0.1, 0.15) is 5.78 Å². The van der Waals surface area contributed by atoms with Gasteiger partial charge in [0, 0.05) is 13.3 Å². The Morgan fingerprint density at radius 1 is 1.23 bits per heavy atom. The third-order valence-electron chi connectivity index (χ3n) is 1.24. The second kappa shape index (κ2) is 4.96. The zero-order valence-corrected chi connectivity index (χ0v) is 8.48. The molecule has 0 atom stereocenters. The molecule has 0 spiro atoms. The highest BCUT2D eigenvalue weighted by atomic mass is 32.2. The molecule has 0 aromatic rings. The number of carbonyl (C=O) groups excluding carboxylic acids is 2. The topological polar surface area (TPSA) is 80.3 Å². The van der Waals surface area contributed by atoms with E-state index in [2.05, 4.69) is 0 Å².